The van der Waals surface area contributed by atoms with Crippen LogP contribution in [0.25, 0.3) is 0 Å². The van der Waals surface area contributed by atoms with Crippen LogP contribution in [0.3, 0.4) is 0 Å². The average Bonchev–Trinajstić information content (AvgIpc) is 2.12. The Morgan fingerprint density at radius 2 is 2.15 bits per heavy atom. The van der Waals surface area contributed by atoms with Gasteiger partial charge in [-0.3, -0.25) is 0 Å². The molecule has 0 aromatic carbocycles. The summed E-state index contributed by atoms with van der Waals surface area (Å²) >= 11 is 0. The molecule has 0 aliphatic carbocycles. The molecule has 0 spiro atoms. The van der Waals surface area contributed by atoms with E-state index in [0.717, 1.165) is 19.3 Å². The Morgan fingerprint density at radius 3 is 2.54 bits per heavy atom. The normalized spacial score (nSPS) is 12.8. The summed E-state index contributed by atoms with van der Waals surface area (Å²) in [6, 6.07) is 0. The summed E-state index contributed by atoms with van der Waals surface area (Å²) in [5, 5.41) is 3.80. The number of aliphatic imine (C=N–C) groups is 1. The largest absolute Gasteiger partial charge is 0.247 e. The molecule has 0 unspecified atom stereocenters. The summed E-state index contributed by atoms with van der Waals surface area (Å²) in [6.07, 6.45) is 3.01. The Kier molecular flexibility index (Phi) is 5.30. The molecule has 0 heterocycles. The molecule has 4 heteroatoms. The highest BCUT2D eigenvalue weighted by atomic mass is 15.5. The summed E-state index contributed by atoms with van der Waals surface area (Å²) in [5.41, 5.74) is 2.56. The first-order valence-corrected chi connectivity index (χ1v) is 4.54. The molecule has 0 aromatic rings. The van der Waals surface area contributed by atoms with Crippen molar-refractivity contribution in [3.63, 3.8) is 0 Å². The predicted octanol–water partition coefficient (Wildman–Crippen LogP) is 1.68. The molecule has 76 valence electrons. The quantitative estimate of drug-likeness (QED) is 0.295. The van der Waals surface area contributed by atoms with Gasteiger partial charge in [-0.25, -0.2) is 16.4 Å². The topological polar surface area (TPSA) is 62.8 Å². The number of rotatable bonds is 5. The zero-order valence-electron chi connectivity index (χ0n) is 8.80. The lowest BCUT2D eigenvalue weighted by atomic mass is 9.85. The maximum atomic E-state index is 5.05. The van der Waals surface area contributed by atoms with Crippen LogP contribution in [0.5, 0.6) is 0 Å². The molecule has 0 radical (unpaired) electrons. The van der Waals surface area contributed by atoms with Crippen molar-refractivity contribution in [1.82, 2.24) is 5.53 Å². The van der Waals surface area contributed by atoms with Gasteiger partial charge in [-0.15, -0.1) is 5.10 Å². The number of hydrogen-bond acceptors (Lipinski definition) is 3. The van der Waals surface area contributed by atoms with Gasteiger partial charge in [0, 0.05) is 6.42 Å². The van der Waals surface area contributed by atoms with Crippen molar-refractivity contribution >= 4 is 12.6 Å². The van der Waals surface area contributed by atoms with Crippen LogP contribution in [0.15, 0.2) is 10.1 Å². The van der Waals surface area contributed by atoms with Crippen molar-refractivity contribution < 1.29 is 0 Å². The molecule has 3 N–H and O–H groups in total. The molecular weight excluding hydrogens is 164 g/mol. The SMILES string of the molecule is C=N/C(CCC(C)(C)CC)=N\NN. The fraction of sp³-hybridized carbons (Fsp3) is 0.778. The lowest BCUT2D eigenvalue weighted by molar-refractivity contribution is 0.328. The third-order valence-electron chi connectivity index (χ3n) is 2.36. The van der Waals surface area contributed by atoms with Gasteiger partial charge in [-0.1, -0.05) is 27.2 Å². The number of nitrogens with two attached hydrogens (primary N) is 1. The summed E-state index contributed by atoms with van der Waals surface area (Å²) in [4.78, 5) is 3.77. The van der Waals surface area contributed by atoms with Crippen LogP contribution in [0.1, 0.15) is 40.0 Å². The van der Waals surface area contributed by atoms with E-state index in [4.69, 9.17) is 5.84 Å². The number of hydrazine groups is 1. The van der Waals surface area contributed by atoms with Crippen LogP contribution in [0.4, 0.5) is 0 Å². The molecule has 0 aromatic heterocycles. The Hall–Kier alpha value is -0.900. The minimum Gasteiger partial charge on any atom is -0.247 e. The molecule has 0 fully saturated rings. The molecule has 0 aliphatic rings. The van der Waals surface area contributed by atoms with Crippen LogP contribution < -0.4 is 11.4 Å². The van der Waals surface area contributed by atoms with Gasteiger partial charge < -0.3 is 0 Å². The second-order valence-corrected chi connectivity index (χ2v) is 3.83. The van der Waals surface area contributed by atoms with Crippen LogP contribution in [-0.4, -0.2) is 12.6 Å². The fourth-order valence-electron chi connectivity index (χ4n) is 0.872. The molecular formula is C9H20N4. The summed E-state index contributed by atoms with van der Waals surface area (Å²) in [6.45, 7) is 10.1. The summed E-state index contributed by atoms with van der Waals surface area (Å²) < 4.78 is 0. The van der Waals surface area contributed by atoms with Gasteiger partial charge in [0.05, 0.1) is 0 Å². The maximum absolute atomic E-state index is 5.05. The lowest BCUT2D eigenvalue weighted by Gasteiger charge is -2.21. The van der Waals surface area contributed by atoms with E-state index in [1.54, 1.807) is 0 Å². The van der Waals surface area contributed by atoms with Gasteiger partial charge in [0.1, 0.15) is 5.84 Å². The summed E-state index contributed by atoms with van der Waals surface area (Å²) in [7, 11) is 0. The Labute approximate surface area is 80.3 Å². The molecule has 4 nitrogen and oxygen atoms in total. The van der Waals surface area contributed by atoms with Gasteiger partial charge >= 0.3 is 0 Å². The van der Waals surface area contributed by atoms with E-state index >= 15 is 0 Å². The minimum atomic E-state index is 0.333. The first-order chi connectivity index (χ1) is 6.05. The van der Waals surface area contributed by atoms with E-state index in [2.05, 4.69) is 43.1 Å². The van der Waals surface area contributed by atoms with E-state index in [0.29, 0.717) is 11.3 Å². The molecule has 0 bridgehead atoms. The van der Waals surface area contributed by atoms with E-state index in [1.807, 2.05) is 0 Å². The van der Waals surface area contributed by atoms with E-state index in [1.165, 1.54) is 0 Å². The summed E-state index contributed by atoms with van der Waals surface area (Å²) in [5.74, 6) is 5.72. The average molecular weight is 184 g/mol. The van der Waals surface area contributed by atoms with Crippen molar-refractivity contribution in [1.29, 1.82) is 0 Å². The number of hydrazone groups is 1. The second kappa shape index (κ2) is 5.70. The third-order valence-corrected chi connectivity index (χ3v) is 2.36. The smallest absolute Gasteiger partial charge is 0.148 e. The molecule has 0 saturated carbocycles. The maximum Gasteiger partial charge on any atom is 0.148 e. The monoisotopic (exact) mass is 184 g/mol. The highest BCUT2D eigenvalue weighted by Crippen LogP contribution is 2.26. The van der Waals surface area contributed by atoms with Crippen LogP contribution in [-0.2, 0) is 0 Å². The van der Waals surface area contributed by atoms with Crippen molar-refractivity contribution in [3.05, 3.63) is 0 Å². The third kappa shape index (κ3) is 5.36. The Bertz CT molecular complexity index is 184. The van der Waals surface area contributed by atoms with Crippen molar-refractivity contribution in [2.24, 2.45) is 21.4 Å². The minimum absolute atomic E-state index is 0.333. The number of nitrogens with one attached hydrogen (secondary N) is 1. The molecule has 0 aliphatic heterocycles. The van der Waals surface area contributed by atoms with E-state index < -0.39 is 0 Å². The highest BCUT2D eigenvalue weighted by molar-refractivity contribution is 5.85. The van der Waals surface area contributed by atoms with Crippen LogP contribution in [0, 0.1) is 5.41 Å². The molecule has 0 saturated heterocycles. The van der Waals surface area contributed by atoms with Crippen molar-refractivity contribution in [2.45, 2.75) is 40.0 Å². The van der Waals surface area contributed by atoms with E-state index in [9.17, 15) is 0 Å². The fourth-order valence-corrected chi connectivity index (χ4v) is 0.872. The van der Waals surface area contributed by atoms with Crippen molar-refractivity contribution in [2.75, 3.05) is 0 Å². The van der Waals surface area contributed by atoms with Gasteiger partial charge in [0.2, 0.25) is 0 Å². The highest BCUT2D eigenvalue weighted by Gasteiger charge is 2.15. The standard InChI is InChI=1S/C9H20N4/c1-5-9(2,3)7-6-8(11-4)12-13-10/h13H,4-7,10H2,1-3H3/b12-8-. The van der Waals surface area contributed by atoms with Gasteiger partial charge in [0.25, 0.3) is 0 Å². The Morgan fingerprint density at radius 1 is 1.54 bits per heavy atom. The van der Waals surface area contributed by atoms with Gasteiger partial charge in [0.15, 0.2) is 0 Å². The molecule has 0 rings (SSSR count). The lowest BCUT2D eigenvalue weighted by Crippen LogP contribution is -2.18. The molecule has 0 atom stereocenters. The second-order valence-electron chi connectivity index (χ2n) is 3.83. The molecule has 0 amide bonds. The van der Waals surface area contributed by atoms with Crippen LogP contribution >= 0.6 is 0 Å². The number of hydrogen-bond donors (Lipinski definition) is 2. The van der Waals surface area contributed by atoms with Crippen LogP contribution in [0.2, 0.25) is 0 Å². The van der Waals surface area contributed by atoms with Gasteiger partial charge in [-0.2, -0.15) is 0 Å². The first kappa shape index (κ1) is 12.1. The van der Waals surface area contributed by atoms with Crippen molar-refractivity contribution in [3.8, 4) is 0 Å². The Balaban J connectivity index is 3.99. The van der Waals surface area contributed by atoms with Gasteiger partial charge in [-0.05, 0) is 18.6 Å². The predicted molar refractivity (Wildman–Crippen MR) is 57.6 cm³/mol. The zero-order valence-corrected chi connectivity index (χ0v) is 8.80. The zero-order chi connectivity index (χ0) is 10.3. The number of nitrogens with zero attached hydrogens (tertiary/aromatic N) is 2. The first-order valence-electron chi connectivity index (χ1n) is 4.54. The van der Waals surface area contributed by atoms with E-state index in [-0.39, 0.29) is 0 Å². The number of amidine groups is 1. The molecule has 13 heavy (non-hydrogen) atoms.